The number of amides is 1. The molecule has 0 aromatic heterocycles. The highest BCUT2D eigenvalue weighted by atomic mass is 33.1. The van der Waals surface area contributed by atoms with E-state index < -0.39 is 0 Å². The predicted molar refractivity (Wildman–Crippen MR) is 104 cm³/mol. The van der Waals surface area contributed by atoms with Gasteiger partial charge in [-0.1, -0.05) is 28.0 Å². The minimum absolute atomic E-state index is 0.126. The van der Waals surface area contributed by atoms with Gasteiger partial charge in [-0.25, -0.2) is 0 Å². The van der Waals surface area contributed by atoms with Crippen molar-refractivity contribution >= 4 is 27.5 Å². The number of hydrogen-bond donors (Lipinski definition) is 1. The maximum Gasteiger partial charge on any atom is 0.220 e. The first kappa shape index (κ1) is 23.0. The van der Waals surface area contributed by atoms with E-state index in [2.05, 4.69) is 5.32 Å². The monoisotopic (exact) mass is 395 g/mol. The Bertz CT molecular complexity index is 317. The maximum atomic E-state index is 11.7. The van der Waals surface area contributed by atoms with Crippen LogP contribution in [0.25, 0.3) is 0 Å². The summed E-state index contributed by atoms with van der Waals surface area (Å²) in [4.78, 5) is 11.7. The third kappa shape index (κ3) is 14.8. The van der Waals surface area contributed by atoms with Crippen LogP contribution in [-0.4, -0.2) is 76.8 Å². The second-order valence-corrected chi connectivity index (χ2v) is 8.54. The molecule has 0 aliphatic carbocycles. The molecule has 6 nitrogen and oxygen atoms in total. The first-order valence-electron chi connectivity index (χ1n) is 9.10. The highest BCUT2D eigenvalue weighted by Crippen LogP contribution is 2.39. The van der Waals surface area contributed by atoms with Gasteiger partial charge in [-0.2, -0.15) is 0 Å². The fourth-order valence-electron chi connectivity index (χ4n) is 2.26. The topological polar surface area (TPSA) is 66.0 Å². The van der Waals surface area contributed by atoms with Crippen molar-refractivity contribution in [2.75, 3.05) is 65.7 Å². The third-order valence-electron chi connectivity index (χ3n) is 3.65. The molecule has 1 saturated heterocycles. The van der Waals surface area contributed by atoms with Gasteiger partial charge in [0.05, 0.1) is 46.2 Å². The third-order valence-corrected chi connectivity index (χ3v) is 6.66. The van der Waals surface area contributed by atoms with Crippen LogP contribution in [0.15, 0.2) is 0 Å². The van der Waals surface area contributed by atoms with E-state index >= 15 is 0 Å². The smallest absolute Gasteiger partial charge is 0.220 e. The van der Waals surface area contributed by atoms with Crippen LogP contribution in [0.2, 0.25) is 0 Å². The number of carbonyl (C=O) groups is 1. The van der Waals surface area contributed by atoms with Gasteiger partial charge in [-0.05, 0) is 19.3 Å². The Hall–Kier alpha value is 0.0100. The number of ether oxygens (including phenoxy) is 4. The number of unbranched alkanes of at least 4 members (excludes halogenated alkanes) is 1. The first-order chi connectivity index (χ1) is 12.3. The highest BCUT2D eigenvalue weighted by molar-refractivity contribution is 8.77. The zero-order valence-electron chi connectivity index (χ0n) is 15.3. The second kappa shape index (κ2) is 17.4. The van der Waals surface area contributed by atoms with Crippen molar-refractivity contribution < 1.29 is 23.7 Å². The lowest BCUT2D eigenvalue weighted by Crippen LogP contribution is -2.27. The summed E-state index contributed by atoms with van der Waals surface area (Å²) in [6.45, 7) is 4.48. The minimum atomic E-state index is 0.126. The van der Waals surface area contributed by atoms with Crippen molar-refractivity contribution in [1.82, 2.24) is 5.32 Å². The lowest BCUT2D eigenvalue weighted by molar-refractivity contribution is -0.121. The molecule has 148 valence electrons. The van der Waals surface area contributed by atoms with Crippen molar-refractivity contribution in [3.63, 3.8) is 0 Å². The van der Waals surface area contributed by atoms with E-state index in [-0.39, 0.29) is 5.91 Å². The zero-order valence-corrected chi connectivity index (χ0v) is 17.0. The molecule has 0 spiro atoms. The van der Waals surface area contributed by atoms with Gasteiger partial charge in [-0.3, -0.25) is 4.79 Å². The van der Waals surface area contributed by atoms with E-state index in [1.807, 2.05) is 21.6 Å². The number of rotatable bonds is 17. The van der Waals surface area contributed by atoms with Crippen LogP contribution < -0.4 is 5.32 Å². The molecule has 0 bridgehead atoms. The molecule has 0 radical (unpaired) electrons. The molecule has 0 unspecified atom stereocenters. The van der Waals surface area contributed by atoms with Crippen LogP contribution in [-0.2, 0) is 23.7 Å². The number of methoxy groups -OCH3 is 1. The average molecular weight is 396 g/mol. The molecule has 1 N–H and O–H groups in total. The van der Waals surface area contributed by atoms with Gasteiger partial charge in [0.2, 0.25) is 5.91 Å². The molecule has 1 aliphatic rings. The predicted octanol–water partition coefficient (Wildman–Crippen LogP) is 2.51. The quantitative estimate of drug-likeness (QED) is 0.300. The van der Waals surface area contributed by atoms with Crippen molar-refractivity contribution in [2.24, 2.45) is 0 Å². The summed E-state index contributed by atoms with van der Waals surface area (Å²) >= 11 is 0. The van der Waals surface area contributed by atoms with E-state index in [1.54, 1.807) is 7.11 Å². The van der Waals surface area contributed by atoms with Gasteiger partial charge in [-0.15, -0.1) is 0 Å². The lowest BCUT2D eigenvalue weighted by atomic mass is 10.1. The minimum Gasteiger partial charge on any atom is -0.382 e. The molecule has 1 aliphatic heterocycles. The van der Waals surface area contributed by atoms with E-state index in [1.165, 1.54) is 18.6 Å². The Labute approximate surface area is 159 Å². The van der Waals surface area contributed by atoms with Crippen molar-refractivity contribution in [2.45, 2.75) is 37.4 Å². The van der Waals surface area contributed by atoms with Crippen molar-refractivity contribution in [3.8, 4) is 0 Å². The Morgan fingerprint density at radius 1 is 1.00 bits per heavy atom. The fourth-order valence-corrected chi connectivity index (χ4v) is 5.28. The van der Waals surface area contributed by atoms with E-state index in [0.717, 1.165) is 18.1 Å². The van der Waals surface area contributed by atoms with Crippen LogP contribution in [0.1, 0.15) is 32.1 Å². The van der Waals surface area contributed by atoms with Gasteiger partial charge in [0.1, 0.15) is 0 Å². The Morgan fingerprint density at radius 2 is 1.68 bits per heavy atom. The van der Waals surface area contributed by atoms with Crippen LogP contribution in [0.4, 0.5) is 0 Å². The van der Waals surface area contributed by atoms with Crippen LogP contribution >= 0.6 is 21.6 Å². The standard InChI is InChI=1S/C17H33NO5S2/c1-20-9-10-22-13-14-23-12-11-21-8-7-18-17(19)5-3-2-4-16-6-15-24-25-16/h16H,2-15H2,1H3,(H,18,19)/t16-/m0/s1. The molecule has 1 amide bonds. The second-order valence-electron chi connectivity index (χ2n) is 5.75. The summed E-state index contributed by atoms with van der Waals surface area (Å²) in [5, 5.41) is 3.70. The van der Waals surface area contributed by atoms with Gasteiger partial charge in [0.15, 0.2) is 0 Å². The van der Waals surface area contributed by atoms with Crippen molar-refractivity contribution in [1.29, 1.82) is 0 Å². The Kier molecular flexibility index (Phi) is 16.1. The molecule has 0 aromatic carbocycles. The SMILES string of the molecule is COCCOCCOCCOCCNC(=O)CCCC[C@H]1CCSS1. The summed E-state index contributed by atoms with van der Waals surface area (Å²) in [6, 6.07) is 0. The highest BCUT2D eigenvalue weighted by Gasteiger charge is 2.15. The lowest BCUT2D eigenvalue weighted by Gasteiger charge is -2.08. The van der Waals surface area contributed by atoms with Gasteiger partial charge < -0.3 is 24.3 Å². The zero-order chi connectivity index (χ0) is 18.0. The summed E-state index contributed by atoms with van der Waals surface area (Å²) in [6.07, 6.45) is 5.31. The summed E-state index contributed by atoms with van der Waals surface area (Å²) in [7, 11) is 5.63. The Balaban J connectivity index is 1.73. The van der Waals surface area contributed by atoms with Gasteiger partial charge in [0.25, 0.3) is 0 Å². The molecular weight excluding hydrogens is 362 g/mol. The number of carbonyl (C=O) groups excluding carboxylic acids is 1. The summed E-state index contributed by atoms with van der Waals surface area (Å²) < 4.78 is 20.9. The molecule has 8 heteroatoms. The van der Waals surface area contributed by atoms with Gasteiger partial charge >= 0.3 is 0 Å². The summed E-state index contributed by atoms with van der Waals surface area (Å²) in [5.41, 5.74) is 0. The molecule has 25 heavy (non-hydrogen) atoms. The van der Waals surface area contributed by atoms with E-state index in [4.69, 9.17) is 18.9 Å². The first-order valence-corrected chi connectivity index (χ1v) is 11.5. The number of nitrogens with one attached hydrogen (secondary N) is 1. The van der Waals surface area contributed by atoms with E-state index in [9.17, 15) is 4.79 Å². The Morgan fingerprint density at radius 3 is 2.32 bits per heavy atom. The van der Waals surface area contributed by atoms with Crippen LogP contribution in [0, 0.1) is 0 Å². The van der Waals surface area contributed by atoms with Gasteiger partial charge in [0, 0.05) is 31.1 Å². The molecule has 0 aromatic rings. The molecule has 0 saturated carbocycles. The summed E-state index contributed by atoms with van der Waals surface area (Å²) in [5.74, 6) is 1.41. The molecule has 1 fully saturated rings. The maximum absolute atomic E-state index is 11.7. The van der Waals surface area contributed by atoms with Crippen LogP contribution in [0.3, 0.4) is 0 Å². The molecule has 1 atom stereocenters. The van der Waals surface area contributed by atoms with E-state index in [0.29, 0.717) is 59.2 Å². The van der Waals surface area contributed by atoms with Crippen LogP contribution in [0.5, 0.6) is 0 Å². The fraction of sp³-hybridized carbons (Fsp3) is 0.941. The molecular formula is C17H33NO5S2. The average Bonchev–Trinajstić information content (AvgIpc) is 3.13. The normalized spacial score (nSPS) is 17.1. The molecule has 1 rings (SSSR count). The number of hydrogen-bond acceptors (Lipinski definition) is 7. The van der Waals surface area contributed by atoms with Crippen molar-refractivity contribution in [3.05, 3.63) is 0 Å². The largest absolute Gasteiger partial charge is 0.382 e. The molecule has 1 heterocycles.